The van der Waals surface area contributed by atoms with Gasteiger partial charge in [-0.05, 0) is 24.5 Å². The van der Waals surface area contributed by atoms with Gasteiger partial charge in [-0.15, -0.1) is 0 Å². The molecule has 0 saturated heterocycles. The van der Waals surface area contributed by atoms with E-state index in [4.69, 9.17) is 0 Å². The summed E-state index contributed by atoms with van der Waals surface area (Å²) in [5.41, 5.74) is -0.452. The van der Waals surface area contributed by atoms with Crippen molar-refractivity contribution in [2.75, 3.05) is 0 Å². The quantitative estimate of drug-likeness (QED) is 0.793. The van der Waals surface area contributed by atoms with Crippen LogP contribution >= 0.6 is 0 Å². The van der Waals surface area contributed by atoms with Gasteiger partial charge in [0, 0.05) is 31.4 Å². The second-order valence-corrected chi connectivity index (χ2v) is 6.23. The lowest BCUT2D eigenvalue weighted by atomic mass is 10.1. The zero-order valence-electron chi connectivity index (χ0n) is 14.0. The first kappa shape index (κ1) is 17.5. The highest BCUT2D eigenvalue weighted by molar-refractivity contribution is 5.76. The van der Waals surface area contributed by atoms with E-state index in [0.717, 1.165) is 18.9 Å². The number of benzene rings is 1. The fourth-order valence-electron chi connectivity index (χ4n) is 2.92. The zero-order valence-corrected chi connectivity index (χ0v) is 14.0. The van der Waals surface area contributed by atoms with Crippen LogP contribution in [-0.4, -0.2) is 26.4 Å². The fourth-order valence-corrected chi connectivity index (χ4v) is 2.92. The molecule has 0 bridgehead atoms. The van der Waals surface area contributed by atoms with Crippen molar-refractivity contribution >= 4 is 5.91 Å². The van der Waals surface area contributed by atoms with Crippen LogP contribution in [0.5, 0.6) is 0 Å². The highest BCUT2D eigenvalue weighted by Gasteiger charge is 2.34. The average Bonchev–Trinajstić information content (AvgIpc) is 3.33. The number of halogens is 3. The molecule has 0 aliphatic heterocycles. The van der Waals surface area contributed by atoms with Gasteiger partial charge in [0.1, 0.15) is 5.82 Å². The summed E-state index contributed by atoms with van der Waals surface area (Å²) < 4.78 is 41.2. The van der Waals surface area contributed by atoms with E-state index >= 15 is 0 Å². The molecule has 2 aromatic rings. The van der Waals surface area contributed by atoms with Crippen molar-refractivity contribution in [2.24, 2.45) is 0 Å². The summed E-state index contributed by atoms with van der Waals surface area (Å²) in [5, 5.41) is 0. The summed E-state index contributed by atoms with van der Waals surface area (Å²) in [4.78, 5) is 18.2. The number of carbonyl (C=O) groups excluding carboxylic acids is 1. The molecule has 25 heavy (non-hydrogen) atoms. The maximum absolute atomic E-state index is 13.2. The summed E-state index contributed by atoms with van der Waals surface area (Å²) in [6.07, 6.45) is 1.19. The number of amides is 1. The Hall–Kier alpha value is -2.31. The molecule has 1 aliphatic rings. The predicted molar refractivity (Wildman–Crippen MR) is 86.6 cm³/mol. The Kier molecular flexibility index (Phi) is 4.83. The van der Waals surface area contributed by atoms with Gasteiger partial charge >= 0.3 is 6.18 Å². The van der Waals surface area contributed by atoms with E-state index in [0.29, 0.717) is 18.8 Å². The molecule has 1 saturated carbocycles. The minimum absolute atomic E-state index is 0.0488. The van der Waals surface area contributed by atoms with Crippen molar-refractivity contribution in [1.82, 2.24) is 14.5 Å². The Balaban J connectivity index is 1.82. The van der Waals surface area contributed by atoms with E-state index < -0.39 is 11.7 Å². The lowest BCUT2D eigenvalue weighted by Crippen LogP contribution is -2.33. The van der Waals surface area contributed by atoms with Gasteiger partial charge in [-0.2, -0.15) is 13.2 Å². The molecular formula is C18H20F3N3O. The minimum atomic E-state index is -4.39. The summed E-state index contributed by atoms with van der Waals surface area (Å²) in [6.45, 7) is 2.21. The number of aromatic nitrogens is 2. The van der Waals surface area contributed by atoms with Crippen LogP contribution in [0.4, 0.5) is 13.2 Å². The summed E-state index contributed by atoms with van der Waals surface area (Å²) in [5.74, 6) is 0.651. The number of carbonyl (C=O) groups is 1. The van der Waals surface area contributed by atoms with Gasteiger partial charge in [0.05, 0.1) is 12.1 Å². The van der Waals surface area contributed by atoms with E-state index in [2.05, 4.69) is 4.98 Å². The minimum Gasteiger partial charge on any atom is -0.332 e. The molecule has 0 atom stereocenters. The van der Waals surface area contributed by atoms with E-state index in [1.54, 1.807) is 27.9 Å². The van der Waals surface area contributed by atoms with Crippen LogP contribution in [-0.2, 0) is 24.1 Å². The Morgan fingerprint density at radius 1 is 1.32 bits per heavy atom. The predicted octanol–water partition coefficient (Wildman–Crippen LogP) is 3.85. The van der Waals surface area contributed by atoms with E-state index in [-0.39, 0.29) is 24.1 Å². The normalized spacial score (nSPS) is 14.6. The smallest absolute Gasteiger partial charge is 0.332 e. The fraction of sp³-hybridized carbons (Fsp3) is 0.444. The topological polar surface area (TPSA) is 38.1 Å². The molecule has 0 unspecified atom stereocenters. The maximum atomic E-state index is 13.2. The number of alkyl halides is 3. The van der Waals surface area contributed by atoms with Gasteiger partial charge in [0.25, 0.3) is 0 Å². The molecule has 1 heterocycles. The average molecular weight is 351 g/mol. The van der Waals surface area contributed by atoms with Gasteiger partial charge in [-0.3, -0.25) is 4.79 Å². The molecule has 7 heteroatoms. The van der Waals surface area contributed by atoms with Gasteiger partial charge in [0.2, 0.25) is 5.91 Å². The van der Waals surface area contributed by atoms with Crippen LogP contribution in [0.25, 0.3) is 0 Å². The second-order valence-electron chi connectivity index (χ2n) is 6.23. The SMILES string of the molecule is CCC(=O)N(Cc1nccn1Cc1ccccc1C(F)(F)F)C1CC1. The number of rotatable bonds is 6. The molecule has 1 aromatic heterocycles. The molecule has 134 valence electrons. The molecule has 1 fully saturated rings. The van der Waals surface area contributed by atoms with Gasteiger partial charge in [-0.1, -0.05) is 25.1 Å². The van der Waals surface area contributed by atoms with Gasteiger partial charge in [0.15, 0.2) is 0 Å². The molecule has 1 amide bonds. The highest BCUT2D eigenvalue weighted by atomic mass is 19.4. The van der Waals surface area contributed by atoms with Crippen molar-refractivity contribution in [3.05, 3.63) is 53.6 Å². The van der Waals surface area contributed by atoms with Gasteiger partial charge in [-0.25, -0.2) is 4.98 Å². The Morgan fingerprint density at radius 2 is 2.04 bits per heavy atom. The first-order valence-electron chi connectivity index (χ1n) is 8.34. The Morgan fingerprint density at radius 3 is 2.68 bits per heavy atom. The van der Waals surface area contributed by atoms with Crippen LogP contribution in [0, 0.1) is 0 Å². The third-order valence-corrected chi connectivity index (χ3v) is 4.39. The number of hydrogen-bond donors (Lipinski definition) is 0. The number of nitrogens with zero attached hydrogens (tertiary/aromatic N) is 3. The van der Waals surface area contributed by atoms with Crippen LogP contribution in [0.15, 0.2) is 36.7 Å². The summed E-state index contributed by atoms with van der Waals surface area (Å²) >= 11 is 0. The first-order chi connectivity index (χ1) is 11.9. The maximum Gasteiger partial charge on any atom is 0.416 e. The monoisotopic (exact) mass is 351 g/mol. The van der Waals surface area contributed by atoms with Crippen molar-refractivity contribution in [1.29, 1.82) is 0 Å². The molecule has 0 spiro atoms. The Bertz CT molecular complexity index is 750. The molecule has 0 N–H and O–H groups in total. The lowest BCUT2D eigenvalue weighted by Gasteiger charge is -2.22. The second kappa shape index (κ2) is 6.90. The van der Waals surface area contributed by atoms with Crippen LogP contribution in [0.1, 0.15) is 43.1 Å². The largest absolute Gasteiger partial charge is 0.416 e. The lowest BCUT2D eigenvalue weighted by molar-refractivity contribution is -0.138. The highest BCUT2D eigenvalue weighted by Crippen LogP contribution is 2.32. The molecule has 1 aromatic carbocycles. The molecular weight excluding hydrogens is 331 g/mol. The molecule has 0 radical (unpaired) electrons. The van der Waals surface area contributed by atoms with Crippen molar-refractivity contribution in [3.63, 3.8) is 0 Å². The third-order valence-electron chi connectivity index (χ3n) is 4.39. The van der Waals surface area contributed by atoms with Crippen molar-refractivity contribution < 1.29 is 18.0 Å². The first-order valence-corrected chi connectivity index (χ1v) is 8.34. The summed E-state index contributed by atoms with van der Waals surface area (Å²) in [7, 11) is 0. The van der Waals surface area contributed by atoms with E-state index in [1.807, 2.05) is 6.92 Å². The van der Waals surface area contributed by atoms with E-state index in [9.17, 15) is 18.0 Å². The van der Waals surface area contributed by atoms with E-state index in [1.165, 1.54) is 12.1 Å². The standard InChI is InChI=1S/C18H20F3N3O/c1-2-17(25)24(14-7-8-14)12-16-22-9-10-23(16)11-13-5-3-4-6-15(13)18(19,20)21/h3-6,9-10,14H,2,7-8,11-12H2,1H3. The number of hydrogen-bond acceptors (Lipinski definition) is 2. The van der Waals surface area contributed by atoms with Crippen LogP contribution < -0.4 is 0 Å². The Labute approximate surface area is 144 Å². The number of imidazole rings is 1. The molecule has 4 nitrogen and oxygen atoms in total. The van der Waals surface area contributed by atoms with Crippen LogP contribution in [0.2, 0.25) is 0 Å². The van der Waals surface area contributed by atoms with Crippen molar-refractivity contribution in [2.45, 2.75) is 51.5 Å². The third kappa shape index (κ3) is 4.03. The van der Waals surface area contributed by atoms with Crippen molar-refractivity contribution in [3.8, 4) is 0 Å². The zero-order chi connectivity index (χ0) is 18.0. The molecule has 1 aliphatic carbocycles. The van der Waals surface area contributed by atoms with Crippen LogP contribution in [0.3, 0.4) is 0 Å². The molecule has 3 rings (SSSR count). The summed E-state index contributed by atoms with van der Waals surface area (Å²) in [6, 6.07) is 5.78. The van der Waals surface area contributed by atoms with Gasteiger partial charge < -0.3 is 9.47 Å².